The largest absolute Gasteiger partial charge is 0.748 e. The van der Waals surface area contributed by atoms with Gasteiger partial charge in [0.2, 0.25) is 0 Å². The average Bonchev–Trinajstić information content (AvgIpc) is 2.89. The lowest BCUT2D eigenvalue weighted by atomic mass is 9.70. The van der Waals surface area contributed by atoms with Gasteiger partial charge in [-0.2, -0.15) is 0 Å². The highest BCUT2D eigenvalue weighted by molar-refractivity contribution is 7.97. The third-order valence-corrected chi connectivity index (χ3v) is 10.1. The van der Waals surface area contributed by atoms with Crippen molar-refractivity contribution in [2.75, 3.05) is 23.0 Å². The number of fused-ring (bicyclic) bond motifs is 2. The molecular formula is C20H34O5S2. The van der Waals surface area contributed by atoms with E-state index < -0.39 is 21.3 Å². The van der Waals surface area contributed by atoms with Gasteiger partial charge in [-0.1, -0.05) is 20.8 Å². The Morgan fingerprint density at radius 1 is 1.22 bits per heavy atom. The van der Waals surface area contributed by atoms with E-state index in [0.717, 1.165) is 25.0 Å². The van der Waals surface area contributed by atoms with Crippen LogP contribution in [0.3, 0.4) is 0 Å². The fourth-order valence-corrected chi connectivity index (χ4v) is 8.62. The van der Waals surface area contributed by atoms with Gasteiger partial charge in [-0.25, -0.2) is 8.42 Å². The molecule has 27 heavy (non-hydrogen) atoms. The van der Waals surface area contributed by atoms with Gasteiger partial charge in [0.1, 0.15) is 17.3 Å². The van der Waals surface area contributed by atoms with Gasteiger partial charge in [0.05, 0.1) is 15.9 Å². The number of carbonyl (C=O) groups excluding carboxylic acids is 2. The molecule has 0 radical (unpaired) electrons. The minimum atomic E-state index is -4.33. The fourth-order valence-electron chi connectivity index (χ4n) is 5.02. The topological polar surface area (TPSA) is 91.3 Å². The number of hydrogen-bond acceptors (Lipinski definition) is 5. The van der Waals surface area contributed by atoms with Crippen LogP contribution in [-0.2, 0) is 30.6 Å². The summed E-state index contributed by atoms with van der Waals surface area (Å²) in [6, 6.07) is 0. The van der Waals surface area contributed by atoms with Crippen molar-refractivity contribution in [1.29, 1.82) is 0 Å². The molecule has 2 unspecified atom stereocenters. The maximum absolute atomic E-state index is 11.8. The normalized spacial score (nSPS) is 30.1. The molecule has 7 heteroatoms. The Labute approximate surface area is 167 Å². The Kier molecular flexibility index (Phi) is 7.59. The van der Waals surface area contributed by atoms with Crippen molar-refractivity contribution in [3.8, 4) is 0 Å². The van der Waals surface area contributed by atoms with Crippen molar-refractivity contribution in [1.82, 2.24) is 0 Å². The summed E-state index contributed by atoms with van der Waals surface area (Å²) in [7, 11) is -3.85. The van der Waals surface area contributed by atoms with Crippen LogP contribution in [0.4, 0.5) is 0 Å². The molecule has 2 saturated carbocycles. The molecule has 0 amide bonds. The zero-order valence-electron chi connectivity index (χ0n) is 16.9. The van der Waals surface area contributed by atoms with E-state index in [1.807, 2.05) is 13.8 Å². The highest BCUT2D eigenvalue weighted by Gasteiger charge is 2.64. The van der Waals surface area contributed by atoms with Gasteiger partial charge in [-0.3, -0.25) is 9.59 Å². The molecule has 2 aliphatic carbocycles. The molecule has 1 aliphatic heterocycles. The van der Waals surface area contributed by atoms with Crippen molar-refractivity contribution >= 4 is 32.6 Å². The first-order chi connectivity index (χ1) is 12.5. The van der Waals surface area contributed by atoms with E-state index in [0.29, 0.717) is 29.5 Å². The quantitative estimate of drug-likeness (QED) is 0.488. The first-order valence-electron chi connectivity index (χ1n) is 10.1. The average molecular weight is 419 g/mol. The van der Waals surface area contributed by atoms with Gasteiger partial charge in [-0.05, 0) is 60.8 Å². The van der Waals surface area contributed by atoms with E-state index in [1.54, 1.807) is 0 Å². The predicted molar refractivity (Wildman–Crippen MR) is 109 cm³/mol. The number of carbonyl (C=O) groups is 2. The molecule has 2 bridgehead atoms. The molecule has 5 nitrogen and oxygen atoms in total. The summed E-state index contributed by atoms with van der Waals surface area (Å²) in [5, 5.41) is 0. The van der Waals surface area contributed by atoms with Crippen LogP contribution in [-0.4, -0.2) is 47.5 Å². The van der Waals surface area contributed by atoms with Gasteiger partial charge in [0, 0.05) is 18.3 Å². The molecule has 1 heterocycles. The van der Waals surface area contributed by atoms with Gasteiger partial charge >= 0.3 is 0 Å². The molecule has 0 aromatic heterocycles. The van der Waals surface area contributed by atoms with Crippen molar-refractivity contribution in [2.45, 2.75) is 72.1 Å². The molecule has 0 aromatic rings. The fraction of sp³-hybridized carbons (Fsp3) is 0.900. The van der Waals surface area contributed by atoms with E-state index in [9.17, 15) is 22.6 Å². The van der Waals surface area contributed by atoms with E-state index >= 15 is 0 Å². The van der Waals surface area contributed by atoms with Crippen molar-refractivity contribution < 1.29 is 22.6 Å². The lowest BCUT2D eigenvalue weighted by Gasteiger charge is -2.37. The maximum atomic E-state index is 11.8. The van der Waals surface area contributed by atoms with Crippen molar-refractivity contribution in [3.05, 3.63) is 0 Å². The van der Waals surface area contributed by atoms with Gasteiger partial charge < -0.3 is 4.55 Å². The molecule has 156 valence electrons. The summed E-state index contributed by atoms with van der Waals surface area (Å²) < 4.78 is 32.7. The van der Waals surface area contributed by atoms with Gasteiger partial charge in [-0.15, -0.1) is 0 Å². The third-order valence-electron chi connectivity index (χ3n) is 6.82. The molecule has 2 atom stereocenters. The molecular weight excluding hydrogens is 384 g/mol. The molecule has 0 aromatic carbocycles. The summed E-state index contributed by atoms with van der Waals surface area (Å²) in [5.41, 5.74) is -1.22. The first kappa shape index (κ1) is 22.9. The summed E-state index contributed by atoms with van der Waals surface area (Å²) in [4.78, 5) is 23.2. The SMILES string of the molecule is CC1(C)C2CCC1(CS(=O)(=O)[O-])C(=O)C2.CCCC(=O)C[S+]1CCCCC1. The second-order valence-electron chi connectivity index (χ2n) is 8.88. The zero-order chi connectivity index (χ0) is 20.3. The minimum Gasteiger partial charge on any atom is -0.748 e. The Hall–Kier alpha value is -0.400. The van der Waals surface area contributed by atoms with E-state index in [4.69, 9.17) is 0 Å². The molecule has 1 saturated heterocycles. The van der Waals surface area contributed by atoms with Crippen LogP contribution in [0.1, 0.15) is 72.1 Å². The molecule has 3 rings (SSSR count). The highest BCUT2D eigenvalue weighted by Crippen LogP contribution is 2.64. The number of ketones is 2. The van der Waals surface area contributed by atoms with Crippen LogP contribution in [0.15, 0.2) is 0 Å². The van der Waals surface area contributed by atoms with E-state index in [-0.39, 0.29) is 17.1 Å². The second kappa shape index (κ2) is 8.95. The van der Waals surface area contributed by atoms with Crippen LogP contribution in [0.25, 0.3) is 0 Å². The minimum absolute atomic E-state index is 0.0248. The monoisotopic (exact) mass is 418 g/mol. The van der Waals surface area contributed by atoms with Crippen molar-refractivity contribution in [3.63, 3.8) is 0 Å². The second-order valence-corrected chi connectivity index (χ2v) is 12.6. The smallest absolute Gasteiger partial charge is 0.181 e. The summed E-state index contributed by atoms with van der Waals surface area (Å²) in [5.74, 6) is 3.78. The van der Waals surface area contributed by atoms with Crippen LogP contribution >= 0.6 is 0 Å². The first-order valence-corrected chi connectivity index (χ1v) is 13.5. The third kappa shape index (κ3) is 5.36. The van der Waals surface area contributed by atoms with Crippen LogP contribution in [0.2, 0.25) is 0 Å². The van der Waals surface area contributed by atoms with E-state index in [2.05, 4.69) is 6.92 Å². The van der Waals surface area contributed by atoms with Crippen molar-refractivity contribution in [2.24, 2.45) is 16.7 Å². The van der Waals surface area contributed by atoms with Gasteiger partial charge in [0.25, 0.3) is 0 Å². The maximum Gasteiger partial charge on any atom is 0.181 e. The number of rotatable bonds is 6. The predicted octanol–water partition coefficient (Wildman–Crippen LogP) is 3.08. The molecule has 0 N–H and O–H groups in total. The summed E-state index contributed by atoms with van der Waals surface area (Å²) in [6.07, 6.45) is 7.83. The summed E-state index contributed by atoms with van der Waals surface area (Å²) >= 11 is 0. The Morgan fingerprint density at radius 3 is 2.30 bits per heavy atom. The van der Waals surface area contributed by atoms with Gasteiger partial charge in [0.15, 0.2) is 11.5 Å². The standard InChI is InChI=1S/C10H16O4S.C10H19OS/c1-9(2)7-3-4-10(9,8(11)5-7)6-15(12,13)14;1-2-6-10(11)9-12-7-4-3-5-8-12/h7H,3-6H2,1-2H3,(H,12,13,14);2-9H2,1H3/q;+1/p-1. The zero-order valence-corrected chi connectivity index (χ0v) is 18.6. The Balaban J connectivity index is 0.000000199. The Bertz CT molecular complexity index is 649. The number of hydrogen-bond donors (Lipinski definition) is 0. The van der Waals surface area contributed by atoms with E-state index in [1.165, 1.54) is 30.8 Å². The molecule has 3 fully saturated rings. The Morgan fingerprint density at radius 2 is 1.85 bits per heavy atom. The molecule has 0 spiro atoms. The number of Topliss-reactive ketones (excluding diaryl/α,β-unsaturated/α-hetero) is 2. The lowest BCUT2D eigenvalue weighted by Crippen LogP contribution is -2.42. The lowest BCUT2D eigenvalue weighted by molar-refractivity contribution is -0.128. The summed E-state index contributed by atoms with van der Waals surface area (Å²) in [6.45, 7) is 5.92. The van der Waals surface area contributed by atoms with Crippen LogP contribution < -0.4 is 0 Å². The highest BCUT2D eigenvalue weighted by atomic mass is 32.2. The molecule has 3 aliphatic rings. The van der Waals surface area contributed by atoms with Crippen LogP contribution in [0, 0.1) is 16.7 Å². The van der Waals surface area contributed by atoms with Crippen LogP contribution in [0.5, 0.6) is 0 Å².